The zero-order chi connectivity index (χ0) is 8.48. The van der Waals surface area contributed by atoms with Crippen LogP contribution in [0.4, 0.5) is 0 Å². The van der Waals surface area contributed by atoms with Crippen molar-refractivity contribution in [1.82, 2.24) is 0 Å². The minimum absolute atomic E-state index is 0.624. The van der Waals surface area contributed by atoms with E-state index in [0.29, 0.717) is 6.10 Å². The minimum atomic E-state index is -1.31. The van der Waals surface area contributed by atoms with Gasteiger partial charge in [-0.1, -0.05) is 13.8 Å². The third kappa shape index (κ3) is 2.31. The van der Waals surface area contributed by atoms with Crippen molar-refractivity contribution in [2.45, 2.75) is 57.8 Å². The molecule has 0 unspecified atom stereocenters. The van der Waals surface area contributed by atoms with Crippen LogP contribution in [0.1, 0.15) is 33.1 Å². The predicted octanol–water partition coefficient (Wildman–Crippen LogP) is 3.17. The summed E-state index contributed by atoms with van der Waals surface area (Å²) in [6.45, 7) is 9.22. The van der Waals surface area contributed by atoms with E-state index in [9.17, 15) is 0 Å². The fourth-order valence-corrected chi connectivity index (χ4v) is 2.42. The molecule has 0 amide bonds. The fraction of sp³-hybridized carbons (Fsp3) is 1.00. The maximum atomic E-state index is 6.07. The largest absolute Gasteiger partial charge is 0.414 e. The first-order valence-electron chi connectivity index (χ1n) is 4.70. The van der Waals surface area contributed by atoms with E-state index < -0.39 is 8.32 Å². The summed E-state index contributed by atoms with van der Waals surface area (Å²) in [6.07, 6.45) is 4.62. The first-order chi connectivity index (χ1) is 5.02. The maximum absolute atomic E-state index is 6.07. The molecule has 0 aromatic rings. The van der Waals surface area contributed by atoms with Gasteiger partial charge >= 0.3 is 0 Å². The van der Waals surface area contributed by atoms with Crippen molar-refractivity contribution in [2.75, 3.05) is 0 Å². The van der Waals surface area contributed by atoms with E-state index in [1.807, 2.05) is 0 Å². The van der Waals surface area contributed by atoms with Crippen LogP contribution in [-0.2, 0) is 4.43 Å². The van der Waals surface area contributed by atoms with Crippen molar-refractivity contribution >= 4 is 8.32 Å². The minimum Gasteiger partial charge on any atom is -0.414 e. The van der Waals surface area contributed by atoms with Crippen LogP contribution in [0.2, 0.25) is 18.6 Å². The average molecular weight is 172 g/mol. The Labute approximate surface area is 71.3 Å². The van der Waals surface area contributed by atoms with Crippen molar-refractivity contribution in [3.05, 3.63) is 0 Å². The Balaban J connectivity index is 2.32. The highest BCUT2D eigenvalue weighted by Gasteiger charge is 2.32. The van der Waals surface area contributed by atoms with Crippen molar-refractivity contribution < 1.29 is 4.43 Å². The van der Waals surface area contributed by atoms with E-state index >= 15 is 0 Å². The third-order valence-electron chi connectivity index (χ3n) is 2.91. The summed E-state index contributed by atoms with van der Waals surface area (Å²) in [5.74, 6) is 0. The molecule has 66 valence electrons. The Morgan fingerprint density at radius 3 is 2.09 bits per heavy atom. The summed E-state index contributed by atoms with van der Waals surface area (Å²) in [5.41, 5.74) is 0.753. The van der Waals surface area contributed by atoms with Crippen LogP contribution in [0.3, 0.4) is 0 Å². The molecule has 1 aliphatic carbocycles. The molecule has 0 heterocycles. The average Bonchev–Trinajstić information content (AvgIpc) is 1.79. The Bertz CT molecular complexity index is 128. The van der Waals surface area contributed by atoms with Gasteiger partial charge in [-0.05, 0) is 37.9 Å². The highest BCUT2D eigenvalue weighted by Crippen LogP contribution is 2.30. The standard InChI is InChI=1S/C9H20OSi/c1-8(2)11(3,4)10-9-6-5-7-9/h8-9H,5-7H2,1-4H3. The van der Waals surface area contributed by atoms with Gasteiger partial charge in [0.1, 0.15) is 0 Å². The quantitative estimate of drug-likeness (QED) is 0.594. The Kier molecular flexibility index (Phi) is 2.76. The second-order valence-electron chi connectivity index (χ2n) is 4.43. The van der Waals surface area contributed by atoms with Crippen LogP contribution < -0.4 is 0 Å². The molecule has 0 bridgehead atoms. The lowest BCUT2D eigenvalue weighted by molar-refractivity contribution is 0.109. The molecular weight excluding hydrogens is 152 g/mol. The van der Waals surface area contributed by atoms with E-state index in [1.54, 1.807) is 0 Å². The lowest BCUT2D eigenvalue weighted by Gasteiger charge is -2.36. The molecule has 0 aromatic heterocycles. The van der Waals surface area contributed by atoms with E-state index in [2.05, 4.69) is 26.9 Å². The molecule has 0 saturated heterocycles. The highest BCUT2D eigenvalue weighted by atomic mass is 28.4. The van der Waals surface area contributed by atoms with Crippen molar-refractivity contribution in [3.8, 4) is 0 Å². The van der Waals surface area contributed by atoms with Crippen LogP contribution in [-0.4, -0.2) is 14.4 Å². The monoisotopic (exact) mass is 172 g/mol. The van der Waals surface area contributed by atoms with Gasteiger partial charge < -0.3 is 4.43 Å². The summed E-state index contributed by atoms with van der Waals surface area (Å²) in [4.78, 5) is 0. The van der Waals surface area contributed by atoms with Crippen molar-refractivity contribution in [3.63, 3.8) is 0 Å². The van der Waals surface area contributed by atoms with Crippen LogP contribution in [0.15, 0.2) is 0 Å². The van der Waals surface area contributed by atoms with Crippen LogP contribution in [0.25, 0.3) is 0 Å². The molecule has 1 aliphatic rings. The molecule has 1 fully saturated rings. The SMILES string of the molecule is CC(C)[Si](C)(C)OC1CCC1. The predicted molar refractivity (Wildman–Crippen MR) is 51.3 cm³/mol. The molecule has 1 saturated carbocycles. The van der Waals surface area contributed by atoms with Gasteiger partial charge in [0.15, 0.2) is 8.32 Å². The summed E-state index contributed by atoms with van der Waals surface area (Å²) < 4.78 is 6.07. The molecule has 0 N–H and O–H groups in total. The summed E-state index contributed by atoms with van der Waals surface area (Å²) in [5, 5.41) is 0. The Hall–Kier alpha value is 0.177. The van der Waals surface area contributed by atoms with Crippen molar-refractivity contribution in [1.29, 1.82) is 0 Å². The van der Waals surface area contributed by atoms with E-state index in [1.165, 1.54) is 19.3 Å². The molecule has 2 heteroatoms. The van der Waals surface area contributed by atoms with Gasteiger partial charge in [0.2, 0.25) is 0 Å². The highest BCUT2D eigenvalue weighted by molar-refractivity contribution is 6.72. The molecule has 11 heavy (non-hydrogen) atoms. The molecule has 0 aromatic carbocycles. The van der Waals surface area contributed by atoms with Gasteiger partial charge in [-0.25, -0.2) is 0 Å². The summed E-state index contributed by atoms with van der Waals surface area (Å²) in [7, 11) is -1.31. The molecular formula is C9H20OSi. The van der Waals surface area contributed by atoms with Crippen molar-refractivity contribution in [2.24, 2.45) is 0 Å². The molecule has 1 rings (SSSR count). The molecule has 0 radical (unpaired) electrons. The van der Waals surface area contributed by atoms with E-state index in [4.69, 9.17) is 4.43 Å². The zero-order valence-corrected chi connectivity index (χ0v) is 9.18. The summed E-state index contributed by atoms with van der Waals surface area (Å²) >= 11 is 0. The topological polar surface area (TPSA) is 9.23 Å². The summed E-state index contributed by atoms with van der Waals surface area (Å²) in [6, 6.07) is 0. The second kappa shape index (κ2) is 3.28. The van der Waals surface area contributed by atoms with Gasteiger partial charge in [-0.2, -0.15) is 0 Å². The Morgan fingerprint density at radius 2 is 1.82 bits per heavy atom. The normalized spacial score (nSPS) is 20.5. The van der Waals surface area contributed by atoms with Gasteiger partial charge in [0, 0.05) is 6.10 Å². The number of rotatable bonds is 3. The smallest absolute Gasteiger partial charge is 0.189 e. The van der Waals surface area contributed by atoms with Crippen LogP contribution in [0.5, 0.6) is 0 Å². The lowest BCUT2D eigenvalue weighted by atomic mass is 9.97. The molecule has 1 nitrogen and oxygen atoms in total. The number of hydrogen-bond acceptors (Lipinski definition) is 1. The zero-order valence-electron chi connectivity index (χ0n) is 8.18. The Morgan fingerprint density at radius 1 is 1.27 bits per heavy atom. The molecule has 0 atom stereocenters. The van der Waals surface area contributed by atoms with E-state index in [0.717, 1.165) is 5.54 Å². The fourth-order valence-electron chi connectivity index (χ4n) is 1.05. The molecule has 0 spiro atoms. The van der Waals surface area contributed by atoms with Gasteiger partial charge in [-0.3, -0.25) is 0 Å². The van der Waals surface area contributed by atoms with Gasteiger partial charge in [0.05, 0.1) is 0 Å². The second-order valence-corrected chi connectivity index (χ2v) is 9.03. The van der Waals surface area contributed by atoms with Gasteiger partial charge in [0.25, 0.3) is 0 Å². The molecule has 0 aliphatic heterocycles. The third-order valence-corrected chi connectivity index (χ3v) is 6.63. The first-order valence-corrected chi connectivity index (χ1v) is 7.69. The first kappa shape index (κ1) is 9.27. The van der Waals surface area contributed by atoms with Crippen LogP contribution >= 0.6 is 0 Å². The van der Waals surface area contributed by atoms with Crippen LogP contribution in [0, 0.1) is 0 Å². The number of hydrogen-bond donors (Lipinski definition) is 0. The maximum Gasteiger partial charge on any atom is 0.189 e. The lowest BCUT2D eigenvalue weighted by Crippen LogP contribution is -2.40. The van der Waals surface area contributed by atoms with E-state index in [-0.39, 0.29) is 0 Å². The van der Waals surface area contributed by atoms with Gasteiger partial charge in [-0.15, -0.1) is 0 Å².